The van der Waals surface area contributed by atoms with Gasteiger partial charge in [-0.3, -0.25) is 0 Å². The van der Waals surface area contributed by atoms with E-state index in [2.05, 4.69) is 5.32 Å². The molecule has 0 heterocycles. The molecule has 2 aromatic carbocycles. The number of hydrogen-bond acceptors (Lipinski definition) is 3. The van der Waals surface area contributed by atoms with E-state index in [1.54, 1.807) is 30.3 Å². The minimum atomic E-state index is -2.14. The molecule has 5 nitrogen and oxygen atoms in total. The molecular weight excluding hydrogens is 370 g/mol. The number of ether oxygens (including phenoxy) is 1. The summed E-state index contributed by atoms with van der Waals surface area (Å²) in [4.78, 5) is 22.8. The third-order valence-corrected chi connectivity index (χ3v) is 4.26. The van der Waals surface area contributed by atoms with Crippen molar-refractivity contribution in [2.24, 2.45) is 0 Å². The molecular formula is C18H13F4NO4. The Balaban J connectivity index is 1.84. The van der Waals surface area contributed by atoms with E-state index in [0.717, 1.165) is 0 Å². The van der Waals surface area contributed by atoms with Crippen LogP contribution in [-0.4, -0.2) is 17.2 Å². The van der Waals surface area contributed by atoms with Crippen LogP contribution in [0.4, 0.5) is 22.4 Å². The van der Waals surface area contributed by atoms with Crippen LogP contribution < -0.4 is 5.32 Å². The number of carboxylic acids is 1. The minimum Gasteiger partial charge on any atom is -0.477 e. The zero-order valence-electron chi connectivity index (χ0n) is 13.7. The molecule has 0 spiro atoms. The molecule has 9 heteroatoms. The summed E-state index contributed by atoms with van der Waals surface area (Å²) in [6, 6.07) is 8.58. The maximum Gasteiger partial charge on any atom is 0.408 e. The largest absolute Gasteiger partial charge is 0.477 e. The predicted molar refractivity (Wildman–Crippen MR) is 83.9 cm³/mol. The molecule has 142 valence electrons. The molecule has 3 rings (SSSR count). The third-order valence-electron chi connectivity index (χ3n) is 4.26. The van der Waals surface area contributed by atoms with Gasteiger partial charge in [-0.2, -0.15) is 0 Å². The Bertz CT molecular complexity index is 884. The first-order valence-corrected chi connectivity index (χ1v) is 7.85. The highest BCUT2D eigenvalue weighted by molar-refractivity contribution is 5.88. The van der Waals surface area contributed by atoms with Crippen molar-refractivity contribution in [2.75, 3.05) is 0 Å². The van der Waals surface area contributed by atoms with Crippen molar-refractivity contribution in [2.45, 2.75) is 25.0 Å². The van der Waals surface area contributed by atoms with E-state index >= 15 is 0 Å². The summed E-state index contributed by atoms with van der Waals surface area (Å²) < 4.78 is 61.3. The molecule has 1 fully saturated rings. The zero-order valence-corrected chi connectivity index (χ0v) is 13.7. The number of halogens is 4. The van der Waals surface area contributed by atoms with Gasteiger partial charge in [-0.15, -0.1) is 0 Å². The van der Waals surface area contributed by atoms with E-state index in [9.17, 15) is 27.2 Å². The van der Waals surface area contributed by atoms with Crippen LogP contribution in [0.5, 0.6) is 0 Å². The summed E-state index contributed by atoms with van der Waals surface area (Å²) in [5, 5.41) is 10.9. The lowest BCUT2D eigenvalue weighted by atomic mass is 9.99. The molecule has 1 saturated carbocycles. The maximum absolute atomic E-state index is 14.3. The van der Waals surface area contributed by atoms with Gasteiger partial charge < -0.3 is 15.2 Å². The topological polar surface area (TPSA) is 75.6 Å². The maximum atomic E-state index is 14.3. The van der Waals surface area contributed by atoms with Gasteiger partial charge in [-0.05, 0) is 18.4 Å². The van der Waals surface area contributed by atoms with E-state index in [1.165, 1.54) is 0 Å². The first-order chi connectivity index (χ1) is 12.8. The average Bonchev–Trinajstić information content (AvgIpc) is 3.39. The minimum absolute atomic E-state index is 0.00652. The van der Waals surface area contributed by atoms with E-state index in [4.69, 9.17) is 9.84 Å². The fraction of sp³-hybridized carbons (Fsp3) is 0.222. The Morgan fingerprint density at radius 2 is 1.56 bits per heavy atom. The van der Waals surface area contributed by atoms with Gasteiger partial charge in [0.2, 0.25) is 0 Å². The summed E-state index contributed by atoms with van der Waals surface area (Å²) in [6.45, 7) is -0.117. The number of carboxylic acid groups (broad SMARTS) is 1. The molecule has 1 aliphatic rings. The van der Waals surface area contributed by atoms with Crippen LogP contribution in [0.25, 0.3) is 0 Å². The number of aromatic carboxylic acids is 1. The first-order valence-electron chi connectivity index (χ1n) is 7.85. The monoisotopic (exact) mass is 383 g/mol. The molecule has 1 aliphatic carbocycles. The number of benzene rings is 2. The van der Waals surface area contributed by atoms with Crippen molar-refractivity contribution < 1.29 is 37.0 Å². The molecule has 0 saturated heterocycles. The molecule has 27 heavy (non-hydrogen) atoms. The summed E-state index contributed by atoms with van der Waals surface area (Å²) in [7, 11) is 0. The second-order valence-electron chi connectivity index (χ2n) is 6.08. The Hall–Kier alpha value is -3.10. The number of rotatable bonds is 5. The van der Waals surface area contributed by atoms with E-state index in [1.807, 2.05) is 0 Å². The number of hydrogen-bond donors (Lipinski definition) is 2. The SMILES string of the molecule is O=C(NC1(c2c(F)c(F)c(C(=O)O)c(F)c2F)CC1)OCc1ccccc1. The van der Waals surface area contributed by atoms with Crippen LogP contribution in [0.3, 0.4) is 0 Å². The highest BCUT2D eigenvalue weighted by Gasteiger charge is 2.52. The van der Waals surface area contributed by atoms with Crippen molar-refractivity contribution in [1.82, 2.24) is 5.32 Å². The Morgan fingerprint density at radius 3 is 2.04 bits per heavy atom. The molecule has 0 bridgehead atoms. The van der Waals surface area contributed by atoms with E-state index in [0.29, 0.717) is 5.56 Å². The molecule has 0 unspecified atom stereocenters. The first kappa shape index (κ1) is 18.7. The Kier molecular flexibility index (Phi) is 4.77. The number of alkyl carbamates (subject to hydrolysis) is 1. The molecule has 2 N–H and O–H groups in total. The number of amides is 1. The lowest BCUT2D eigenvalue weighted by Gasteiger charge is -2.20. The Morgan fingerprint density at radius 1 is 1.00 bits per heavy atom. The lowest BCUT2D eigenvalue weighted by Crippen LogP contribution is -2.37. The summed E-state index contributed by atoms with van der Waals surface area (Å²) >= 11 is 0. The number of carbonyl (C=O) groups is 2. The van der Waals surface area contributed by atoms with Gasteiger partial charge in [0.1, 0.15) is 12.2 Å². The molecule has 0 aromatic heterocycles. The van der Waals surface area contributed by atoms with Crippen molar-refractivity contribution in [3.63, 3.8) is 0 Å². The van der Waals surface area contributed by atoms with Crippen molar-refractivity contribution in [3.8, 4) is 0 Å². The molecule has 1 amide bonds. The Labute approximate surface area is 150 Å². The van der Waals surface area contributed by atoms with Gasteiger partial charge in [-0.25, -0.2) is 27.2 Å². The fourth-order valence-electron chi connectivity index (χ4n) is 2.76. The molecule has 2 aromatic rings. The summed E-state index contributed by atoms with van der Waals surface area (Å²) in [6.07, 6.45) is -1.02. The van der Waals surface area contributed by atoms with Gasteiger partial charge in [-0.1, -0.05) is 30.3 Å². The van der Waals surface area contributed by atoms with Gasteiger partial charge >= 0.3 is 12.1 Å². The van der Waals surface area contributed by atoms with Crippen LogP contribution in [0, 0.1) is 23.3 Å². The normalized spacial score (nSPS) is 14.5. The van der Waals surface area contributed by atoms with E-state index in [-0.39, 0.29) is 19.4 Å². The standard InChI is InChI=1S/C18H13F4NO4/c19-12-10(16(24)25)13(20)15(22)11(14(12)21)18(6-7-18)23-17(26)27-8-9-4-2-1-3-5-9/h1-5H,6-8H2,(H,23,26)(H,24,25). The van der Waals surface area contributed by atoms with Crippen molar-refractivity contribution in [3.05, 3.63) is 70.3 Å². The van der Waals surface area contributed by atoms with Crippen molar-refractivity contribution in [1.29, 1.82) is 0 Å². The molecule has 0 atom stereocenters. The highest BCUT2D eigenvalue weighted by Crippen LogP contribution is 2.48. The third kappa shape index (κ3) is 3.44. The lowest BCUT2D eigenvalue weighted by molar-refractivity contribution is 0.0682. The van der Waals surface area contributed by atoms with Crippen LogP contribution in [0.1, 0.15) is 34.3 Å². The molecule has 0 aliphatic heterocycles. The summed E-state index contributed by atoms with van der Waals surface area (Å²) in [5.74, 6) is -9.90. The van der Waals surface area contributed by atoms with Gasteiger partial charge in [0, 0.05) is 0 Å². The van der Waals surface area contributed by atoms with Crippen LogP contribution >= 0.6 is 0 Å². The van der Waals surface area contributed by atoms with Gasteiger partial charge in [0.05, 0.1) is 11.1 Å². The van der Waals surface area contributed by atoms with Gasteiger partial charge in [0.15, 0.2) is 23.3 Å². The van der Waals surface area contributed by atoms with Crippen LogP contribution in [-0.2, 0) is 16.9 Å². The van der Waals surface area contributed by atoms with Crippen LogP contribution in [0.15, 0.2) is 30.3 Å². The fourth-order valence-corrected chi connectivity index (χ4v) is 2.76. The number of carbonyl (C=O) groups excluding carboxylic acids is 1. The quantitative estimate of drug-likeness (QED) is 0.607. The smallest absolute Gasteiger partial charge is 0.408 e. The van der Waals surface area contributed by atoms with Crippen LogP contribution in [0.2, 0.25) is 0 Å². The second kappa shape index (κ2) is 6.90. The second-order valence-corrected chi connectivity index (χ2v) is 6.08. The van der Waals surface area contributed by atoms with E-state index < -0.39 is 52.0 Å². The highest BCUT2D eigenvalue weighted by atomic mass is 19.2. The average molecular weight is 383 g/mol. The molecule has 0 radical (unpaired) electrons. The van der Waals surface area contributed by atoms with Crippen molar-refractivity contribution >= 4 is 12.1 Å². The summed E-state index contributed by atoms with van der Waals surface area (Å²) in [5.41, 5.74) is -3.81. The number of nitrogens with one attached hydrogen (secondary N) is 1. The predicted octanol–water partition coefficient (Wildman–Crippen LogP) is 3.86. The zero-order chi connectivity index (χ0) is 19.8. The van der Waals surface area contributed by atoms with Gasteiger partial charge in [0.25, 0.3) is 0 Å².